The molecule has 1 atom stereocenters. The molecule has 0 spiro atoms. The lowest BCUT2D eigenvalue weighted by Gasteiger charge is -2.22. The maximum atomic E-state index is 4.37. The summed E-state index contributed by atoms with van der Waals surface area (Å²) in [6.07, 6.45) is 6.34. The van der Waals surface area contributed by atoms with Crippen molar-refractivity contribution in [3.63, 3.8) is 0 Å². The summed E-state index contributed by atoms with van der Waals surface area (Å²) in [6.45, 7) is 4.65. The maximum Gasteiger partial charge on any atom is 0.123 e. The van der Waals surface area contributed by atoms with Crippen LogP contribution >= 0.6 is 11.8 Å². The SMILES string of the molecule is CCSCCN1CCCC1c1ncc[nH]1. The van der Waals surface area contributed by atoms with Gasteiger partial charge in [0.15, 0.2) is 0 Å². The van der Waals surface area contributed by atoms with E-state index in [1.807, 2.05) is 24.2 Å². The number of thioether (sulfide) groups is 1. The molecular weight excluding hydrogens is 206 g/mol. The molecule has 3 nitrogen and oxygen atoms in total. The molecule has 0 amide bonds. The summed E-state index contributed by atoms with van der Waals surface area (Å²) in [5.41, 5.74) is 0. The van der Waals surface area contributed by atoms with Crippen molar-refractivity contribution in [1.29, 1.82) is 0 Å². The Morgan fingerprint density at radius 1 is 1.67 bits per heavy atom. The second-order valence-electron chi connectivity index (χ2n) is 3.87. The smallest absolute Gasteiger partial charge is 0.123 e. The third-order valence-electron chi connectivity index (χ3n) is 2.93. The van der Waals surface area contributed by atoms with Gasteiger partial charge < -0.3 is 4.98 Å². The van der Waals surface area contributed by atoms with E-state index in [2.05, 4.69) is 21.8 Å². The van der Waals surface area contributed by atoms with E-state index in [0.29, 0.717) is 6.04 Å². The van der Waals surface area contributed by atoms with Gasteiger partial charge in [0.2, 0.25) is 0 Å². The molecule has 1 unspecified atom stereocenters. The van der Waals surface area contributed by atoms with Crippen molar-refractivity contribution >= 4 is 11.8 Å². The average Bonchev–Trinajstić information content (AvgIpc) is 2.87. The fraction of sp³-hybridized carbons (Fsp3) is 0.727. The van der Waals surface area contributed by atoms with E-state index in [9.17, 15) is 0 Å². The van der Waals surface area contributed by atoms with Crippen molar-refractivity contribution in [2.75, 3.05) is 24.6 Å². The highest BCUT2D eigenvalue weighted by molar-refractivity contribution is 7.99. The quantitative estimate of drug-likeness (QED) is 0.780. The van der Waals surface area contributed by atoms with E-state index in [4.69, 9.17) is 0 Å². The summed E-state index contributed by atoms with van der Waals surface area (Å²) in [7, 11) is 0. The Bertz CT molecular complexity index is 273. The molecule has 1 fully saturated rings. The molecule has 0 bridgehead atoms. The molecule has 0 aliphatic carbocycles. The number of nitrogens with zero attached hydrogens (tertiary/aromatic N) is 2. The van der Waals surface area contributed by atoms with Crippen LogP contribution in [0.25, 0.3) is 0 Å². The van der Waals surface area contributed by atoms with Crippen LogP contribution < -0.4 is 0 Å². The van der Waals surface area contributed by atoms with Crippen molar-refractivity contribution in [1.82, 2.24) is 14.9 Å². The van der Waals surface area contributed by atoms with Crippen molar-refractivity contribution < 1.29 is 0 Å². The number of aromatic nitrogens is 2. The van der Waals surface area contributed by atoms with Gasteiger partial charge in [-0.05, 0) is 25.1 Å². The normalized spacial score (nSPS) is 22.3. The van der Waals surface area contributed by atoms with Crippen molar-refractivity contribution in [3.05, 3.63) is 18.2 Å². The Hall–Kier alpha value is -0.480. The molecule has 4 heteroatoms. The van der Waals surface area contributed by atoms with E-state index >= 15 is 0 Å². The first-order chi connectivity index (χ1) is 7.42. The summed E-state index contributed by atoms with van der Waals surface area (Å²) in [5.74, 6) is 3.61. The zero-order valence-electron chi connectivity index (χ0n) is 9.28. The van der Waals surface area contributed by atoms with Crippen molar-refractivity contribution in [2.45, 2.75) is 25.8 Å². The van der Waals surface area contributed by atoms with Gasteiger partial charge in [0.25, 0.3) is 0 Å². The van der Waals surface area contributed by atoms with Crippen LogP contribution in [0.1, 0.15) is 31.6 Å². The van der Waals surface area contributed by atoms with Gasteiger partial charge in [0, 0.05) is 24.7 Å². The van der Waals surface area contributed by atoms with E-state index in [-0.39, 0.29) is 0 Å². The highest BCUT2D eigenvalue weighted by Crippen LogP contribution is 2.29. The van der Waals surface area contributed by atoms with E-state index in [1.54, 1.807) is 0 Å². The number of nitrogens with one attached hydrogen (secondary N) is 1. The summed E-state index contributed by atoms with van der Waals surface area (Å²) in [4.78, 5) is 10.2. The number of rotatable bonds is 5. The van der Waals surface area contributed by atoms with Gasteiger partial charge in [-0.1, -0.05) is 6.92 Å². The van der Waals surface area contributed by atoms with Gasteiger partial charge in [0.05, 0.1) is 6.04 Å². The lowest BCUT2D eigenvalue weighted by molar-refractivity contribution is 0.265. The van der Waals surface area contributed by atoms with Crippen LogP contribution in [-0.4, -0.2) is 39.5 Å². The minimum atomic E-state index is 0.539. The summed E-state index contributed by atoms with van der Waals surface area (Å²) >= 11 is 2.02. The second-order valence-corrected chi connectivity index (χ2v) is 5.26. The largest absolute Gasteiger partial charge is 0.347 e. The van der Waals surface area contributed by atoms with Crippen LogP contribution in [0.5, 0.6) is 0 Å². The molecule has 0 aromatic carbocycles. The number of likely N-dealkylation sites (tertiary alicyclic amines) is 1. The lowest BCUT2D eigenvalue weighted by Crippen LogP contribution is -2.26. The second kappa shape index (κ2) is 5.56. The van der Waals surface area contributed by atoms with Gasteiger partial charge in [-0.25, -0.2) is 4.98 Å². The lowest BCUT2D eigenvalue weighted by atomic mass is 10.2. The Labute approximate surface area is 95.7 Å². The van der Waals surface area contributed by atoms with E-state index in [1.165, 1.54) is 37.4 Å². The van der Waals surface area contributed by atoms with Gasteiger partial charge in [-0.2, -0.15) is 11.8 Å². The highest BCUT2D eigenvalue weighted by atomic mass is 32.2. The summed E-state index contributed by atoms with van der Waals surface area (Å²) in [5, 5.41) is 0. The fourth-order valence-electron chi connectivity index (χ4n) is 2.19. The fourth-order valence-corrected chi connectivity index (χ4v) is 2.84. The first kappa shape index (κ1) is 11.0. The zero-order valence-corrected chi connectivity index (χ0v) is 10.1. The molecule has 0 radical (unpaired) electrons. The Kier molecular flexibility index (Phi) is 4.09. The third kappa shape index (κ3) is 2.75. The van der Waals surface area contributed by atoms with Gasteiger partial charge >= 0.3 is 0 Å². The first-order valence-corrected chi connectivity index (χ1v) is 6.88. The van der Waals surface area contributed by atoms with E-state index in [0.717, 1.165) is 5.82 Å². The third-order valence-corrected chi connectivity index (χ3v) is 3.81. The number of hydrogen-bond donors (Lipinski definition) is 1. The van der Waals surface area contributed by atoms with Crippen LogP contribution in [0, 0.1) is 0 Å². The highest BCUT2D eigenvalue weighted by Gasteiger charge is 2.26. The van der Waals surface area contributed by atoms with Gasteiger partial charge in [-0.15, -0.1) is 0 Å². The predicted octanol–water partition coefficient (Wildman–Crippen LogP) is 2.30. The number of hydrogen-bond acceptors (Lipinski definition) is 3. The predicted molar refractivity (Wildman–Crippen MR) is 65.1 cm³/mol. The Morgan fingerprint density at radius 3 is 3.33 bits per heavy atom. The minimum Gasteiger partial charge on any atom is -0.347 e. The summed E-state index contributed by atoms with van der Waals surface area (Å²) in [6, 6.07) is 0.539. The number of imidazole rings is 1. The van der Waals surface area contributed by atoms with Crippen LogP contribution in [0.15, 0.2) is 12.4 Å². The van der Waals surface area contributed by atoms with Crippen LogP contribution in [0.4, 0.5) is 0 Å². The molecular formula is C11H19N3S. The monoisotopic (exact) mass is 225 g/mol. The molecule has 84 valence electrons. The summed E-state index contributed by atoms with van der Waals surface area (Å²) < 4.78 is 0. The molecule has 0 saturated carbocycles. The van der Waals surface area contributed by atoms with Gasteiger partial charge in [0.1, 0.15) is 5.82 Å². The van der Waals surface area contributed by atoms with Crippen LogP contribution in [0.3, 0.4) is 0 Å². The molecule has 1 aromatic rings. The average molecular weight is 225 g/mol. The van der Waals surface area contributed by atoms with Crippen molar-refractivity contribution in [2.24, 2.45) is 0 Å². The van der Waals surface area contributed by atoms with E-state index < -0.39 is 0 Å². The molecule has 1 aliphatic rings. The topological polar surface area (TPSA) is 31.9 Å². The zero-order chi connectivity index (χ0) is 10.5. The standard InChI is InChI=1S/C11H19N3S/c1-2-15-9-8-14-7-3-4-10(14)11-12-5-6-13-11/h5-6,10H,2-4,7-9H2,1H3,(H,12,13). The molecule has 1 N–H and O–H groups in total. The van der Waals surface area contributed by atoms with Crippen molar-refractivity contribution in [3.8, 4) is 0 Å². The Balaban J connectivity index is 1.88. The number of aromatic amines is 1. The van der Waals surface area contributed by atoms with Gasteiger partial charge in [-0.3, -0.25) is 4.90 Å². The maximum absolute atomic E-state index is 4.37. The Morgan fingerprint density at radius 2 is 2.60 bits per heavy atom. The molecule has 2 heterocycles. The first-order valence-electron chi connectivity index (χ1n) is 5.73. The molecule has 2 rings (SSSR count). The minimum absolute atomic E-state index is 0.539. The van der Waals surface area contributed by atoms with Crippen LogP contribution in [0.2, 0.25) is 0 Å². The van der Waals surface area contributed by atoms with Crippen LogP contribution in [-0.2, 0) is 0 Å². The molecule has 15 heavy (non-hydrogen) atoms. The molecule has 1 aliphatic heterocycles. The molecule has 1 aromatic heterocycles. The molecule has 1 saturated heterocycles. The number of H-pyrrole nitrogens is 1.